The van der Waals surface area contributed by atoms with Crippen LogP contribution < -0.4 is 20.4 Å². The van der Waals surface area contributed by atoms with Crippen molar-refractivity contribution in [1.29, 1.82) is 0 Å². The summed E-state index contributed by atoms with van der Waals surface area (Å²) >= 11 is 0. The van der Waals surface area contributed by atoms with Gasteiger partial charge in [-0.15, -0.1) is 0 Å². The van der Waals surface area contributed by atoms with Crippen molar-refractivity contribution in [3.63, 3.8) is 0 Å². The number of hydrogen-bond donors (Lipinski definition) is 2. The lowest BCUT2D eigenvalue weighted by Crippen LogP contribution is -2.35. The van der Waals surface area contributed by atoms with Gasteiger partial charge >= 0.3 is 12.4 Å². The number of anilines is 2. The number of halogens is 6. The van der Waals surface area contributed by atoms with Gasteiger partial charge in [-0.25, -0.2) is 0 Å². The fraction of sp³-hybridized carbons (Fsp3) is 0.500. The zero-order valence-electron chi connectivity index (χ0n) is 28.9. The summed E-state index contributed by atoms with van der Waals surface area (Å²) in [5.74, 6) is -0.755. The highest BCUT2D eigenvalue weighted by atomic mass is 19.4. The van der Waals surface area contributed by atoms with Gasteiger partial charge in [-0.2, -0.15) is 26.3 Å². The molecule has 2 saturated heterocycles. The van der Waals surface area contributed by atoms with Crippen molar-refractivity contribution in [3.8, 4) is 0 Å². The predicted octanol–water partition coefficient (Wildman–Crippen LogP) is 5.61. The van der Waals surface area contributed by atoms with Gasteiger partial charge in [0.25, 0.3) is 11.8 Å². The van der Waals surface area contributed by atoms with E-state index in [0.29, 0.717) is 103 Å². The predicted molar refractivity (Wildman–Crippen MR) is 182 cm³/mol. The molecule has 2 aromatic heterocycles. The van der Waals surface area contributed by atoms with Gasteiger partial charge in [0, 0.05) is 50.0 Å². The van der Waals surface area contributed by atoms with Crippen LogP contribution in [0.2, 0.25) is 0 Å². The molecule has 8 rings (SSSR count). The lowest BCUT2D eigenvalue weighted by Gasteiger charge is -2.27. The van der Waals surface area contributed by atoms with Crippen molar-refractivity contribution in [3.05, 3.63) is 59.0 Å². The number of ether oxygens (including phenoxy) is 4. The minimum absolute atomic E-state index is 0.0441. The Labute approximate surface area is 304 Å². The van der Waals surface area contributed by atoms with E-state index in [2.05, 4.69) is 10.6 Å². The van der Waals surface area contributed by atoms with Crippen LogP contribution in [0.5, 0.6) is 0 Å². The van der Waals surface area contributed by atoms with Crippen LogP contribution in [0.4, 0.5) is 37.7 Å². The summed E-state index contributed by atoms with van der Waals surface area (Å²) < 4.78 is 112. The Kier molecular flexibility index (Phi) is 11.0. The van der Waals surface area contributed by atoms with E-state index in [1.807, 2.05) is 9.80 Å². The van der Waals surface area contributed by atoms with E-state index in [9.17, 15) is 35.9 Å². The highest BCUT2D eigenvalue weighted by Gasteiger charge is 2.35. The van der Waals surface area contributed by atoms with Gasteiger partial charge in [0.15, 0.2) is 0 Å². The lowest BCUT2D eigenvalue weighted by molar-refractivity contribution is -0.138. The Morgan fingerprint density at radius 3 is 1.43 bits per heavy atom. The zero-order chi connectivity index (χ0) is 38.0. The van der Waals surface area contributed by atoms with Crippen molar-refractivity contribution in [2.45, 2.75) is 37.4 Å². The summed E-state index contributed by atoms with van der Waals surface area (Å²) in [6, 6.07) is 6.53. The molecule has 18 heteroatoms. The standard InChI is InChI=1S/2C18H19F3N2O4/c2*19-18(20,21)11-1-2-14-13(9-11)15-16(27-14)17(24)22-4-6-23(15)5-3-12-10-25-7-8-26-12/h2*1-2,9,12H,3-8,10H2,(H,22,24)/t2*12-/m10/s1. The minimum Gasteiger partial charge on any atom is -0.449 e. The number of furan rings is 2. The number of fused-ring (bicyclic) bond motifs is 6. The summed E-state index contributed by atoms with van der Waals surface area (Å²) in [6.07, 6.45) is -7.80. The van der Waals surface area contributed by atoms with Crippen LogP contribution in [0.25, 0.3) is 21.9 Å². The fourth-order valence-electron chi connectivity index (χ4n) is 6.90. The van der Waals surface area contributed by atoms with Crippen molar-refractivity contribution < 1.29 is 63.7 Å². The van der Waals surface area contributed by atoms with Crippen molar-refractivity contribution >= 4 is 45.1 Å². The summed E-state index contributed by atoms with van der Waals surface area (Å²) in [7, 11) is 0. The van der Waals surface area contributed by atoms with E-state index in [1.54, 1.807) is 0 Å². The number of carbonyl (C=O) groups is 2. The molecule has 2 N–H and O–H groups in total. The van der Waals surface area contributed by atoms with E-state index >= 15 is 0 Å². The highest BCUT2D eigenvalue weighted by Crippen LogP contribution is 2.41. The first-order chi connectivity index (χ1) is 25.9. The molecule has 0 unspecified atom stereocenters. The van der Waals surface area contributed by atoms with Gasteiger partial charge < -0.3 is 48.2 Å². The maximum absolute atomic E-state index is 13.1. The van der Waals surface area contributed by atoms with Gasteiger partial charge in [0.2, 0.25) is 11.5 Å². The van der Waals surface area contributed by atoms with E-state index in [1.165, 1.54) is 12.1 Å². The molecule has 4 aliphatic heterocycles. The average molecular weight is 769 g/mol. The number of nitrogens with one attached hydrogen (secondary N) is 2. The van der Waals surface area contributed by atoms with Gasteiger partial charge in [-0.1, -0.05) is 0 Å². The number of benzene rings is 2. The summed E-state index contributed by atoms with van der Waals surface area (Å²) in [5.41, 5.74) is -0.218. The fourth-order valence-corrected chi connectivity index (χ4v) is 6.90. The summed E-state index contributed by atoms with van der Waals surface area (Å²) in [5, 5.41) is 6.02. The van der Waals surface area contributed by atoms with Crippen LogP contribution in [0.3, 0.4) is 0 Å². The molecule has 2 aromatic carbocycles. The number of carbonyl (C=O) groups excluding carboxylic acids is 2. The first-order valence-electron chi connectivity index (χ1n) is 17.6. The third kappa shape index (κ3) is 8.25. The first kappa shape index (κ1) is 37.8. The monoisotopic (exact) mass is 768 g/mol. The van der Waals surface area contributed by atoms with Crippen molar-refractivity contribution in [2.24, 2.45) is 0 Å². The zero-order valence-corrected chi connectivity index (χ0v) is 28.9. The second-order valence-electron chi connectivity index (χ2n) is 13.2. The highest BCUT2D eigenvalue weighted by molar-refractivity contribution is 6.08. The molecule has 2 fully saturated rings. The molecule has 0 saturated carbocycles. The number of amides is 2. The van der Waals surface area contributed by atoms with Crippen molar-refractivity contribution in [1.82, 2.24) is 10.6 Å². The molecular weight excluding hydrogens is 730 g/mol. The Balaban J connectivity index is 0.000000167. The molecule has 2 atom stereocenters. The molecule has 6 heterocycles. The molecule has 0 bridgehead atoms. The summed E-state index contributed by atoms with van der Waals surface area (Å²) in [4.78, 5) is 28.4. The normalized spacial score (nSPS) is 21.1. The average Bonchev–Trinajstić information content (AvgIpc) is 3.64. The van der Waals surface area contributed by atoms with Crippen LogP contribution in [-0.4, -0.2) is 103 Å². The van der Waals surface area contributed by atoms with Crippen LogP contribution in [0.1, 0.15) is 45.1 Å². The van der Waals surface area contributed by atoms with Crippen molar-refractivity contribution in [2.75, 3.05) is 88.7 Å². The van der Waals surface area contributed by atoms with Gasteiger partial charge in [0.1, 0.15) is 11.2 Å². The minimum atomic E-state index is -4.47. The molecule has 4 aromatic rings. The molecule has 4 aliphatic rings. The quantitative estimate of drug-likeness (QED) is 0.239. The molecule has 0 radical (unpaired) electrons. The molecule has 12 nitrogen and oxygen atoms in total. The van der Waals surface area contributed by atoms with E-state index < -0.39 is 35.3 Å². The van der Waals surface area contributed by atoms with E-state index in [-0.39, 0.29) is 45.7 Å². The Morgan fingerprint density at radius 1 is 0.630 bits per heavy atom. The third-order valence-corrected chi connectivity index (χ3v) is 9.57. The van der Waals surface area contributed by atoms with Gasteiger partial charge in [0.05, 0.1) is 74.4 Å². The largest absolute Gasteiger partial charge is 0.449 e. The maximum atomic E-state index is 13.1. The number of hydrogen-bond acceptors (Lipinski definition) is 10. The second kappa shape index (κ2) is 15.7. The molecule has 0 spiro atoms. The number of alkyl halides is 6. The maximum Gasteiger partial charge on any atom is 0.416 e. The topological polar surface area (TPSA) is 128 Å². The van der Waals surface area contributed by atoms with Gasteiger partial charge in [-0.05, 0) is 49.2 Å². The van der Waals surface area contributed by atoms with Crippen LogP contribution in [0, 0.1) is 0 Å². The second-order valence-corrected chi connectivity index (χ2v) is 13.2. The Bertz CT molecular complexity index is 1830. The molecule has 2 amide bonds. The number of nitrogens with zero attached hydrogens (tertiary/aromatic N) is 2. The summed E-state index contributed by atoms with van der Waals surface area (Å²) in [6.45, 7) is 5.89. The smallest absolute Gasteiger partial charge is 0.416 e. The lowest BCUT2D eigenvalue weighted by atomic mass is 10.1. The Morgan fingerprint density at radius 2 is 1.06 bits per heavy atom. The molecule has 292 valence electrons. The van der Waals surface area contributed by atoms with E-state index in [4.69, 9.17) is 27.8 Å². The third-order valence-electron chi connectivity index (χ3n) is 9.57. The van der Waals surface area contributed by atoms with E-state index in [0.717, 1.165) is 24.3 Å². The van der Waals surface area contributed by atoms with Crippen LogP contribution in [0.15, 0.2) is 45.2 Å². The van der Waals surface area contributed by atoms with Crippen LogP contribution >= 0.6 is 0 Å². The first-order valence-corrected chi connectivity index (χ1v) is 17.6. The number of rotatable bonds is 6. The van der Waals surface area contributed by atoms with Gasteiger partial charge in [-0.3, -0.25) is 9.59 Å². The Hall–Kier alpha value is -4.52. The molecular formula is C36H38F6N4O8. The molecule has 54 heavy (non-hydrogen) atoms. The molecule has 0 aliphatic carbocycles. The SMILES string of the molecule is O=C1NCCN(CC[C@@H]2COCCO2)c2c1oc1ccc(C(F)(F)F)cc21.O=C1NCCN(CC[C@H]2COCCO2)c2c1oc1ccc(C(F)(F)F)cc21. The van der Waals surface area contributed by atoms with Crippen LogP contribution in [-0.2, 0) is 31.3 Å².